The number of hydrogen-bond acceptors (Lipinski definition) is 3. The van der Waals surface area contributed by atoms with Gasteiger partial charge in [0.25, 0.3) is 0 Å². The fourth-order valence-electron chi connectivity index (χ4n) is 1.74. The predicted octanol–water partition coefficient (Wildman–Crippen LogP) is 4.60. The fourth-order valence-corrected chi connectivity index (χ4v) is 2.19. The number of halogens is 2. The lowest BCUT2D eigenvalue weighted by atomic mass is 10.2. The minimum Gasteiger partial charge on any atom is -0.437 e. The normalized spacial score (nSPS) is 10.6. The molecule has 5 heteroatoms. The van der Waals surface area contributed by atoms with Crippen molar-refractivity contribution >= 4 is 23.2 Å². The highest BCUT2D eigenvalue weighted by Gasteiger charge is 2.08. The fraction of sp³-hybridized carbons (Fsp3) is 0.267. The average Bonchev–Trinajstić information content (AvgIpc) is 2.42. The standard InChI is InChI=1S/C15H16Cl2N2O/c1-3-18-8-11-7-13(17)15(19-9-11)20-14-5-4-12(16)6-10(14)2/h4-7,9,18H,3,8H2,1-2H3. The van der Waals surface area contributed by atoms with Gasteiger partial charge in [0.15, 0.2) is 0 Å². The van der Waals surface area contributed by atoms with E-state index in [0.29, 0.717) is 21.7 Å². The van der Waals surface area contributed by atoms with Gasteiger partial charge in [0, 0.05) is 17.8 Å². The van der Waals surface area contributed by atoms with Crippen LogP contribution < -0.4 is 10.1 Å². The lowest BCUT2D eigenvalue weighted by Crippen LogP contribution is -2.11. The topological polar surface area (TPSA) is 34.2 Å². The first-order valence-corrected chi connectivity index (χ1v) is 7.15. The zero-order chi connectivity index (χ0) is 14.5. The van der Waals surface area contributed by atoms with Crippen LogP contribution in [0.1, 0.15) is 18.1 Å². The van der Waals surface area contributed by atoms with Gasteiger partial charge < -0.3 is 10.1 Å². The third-order valence-corrected chi connectivity index (χ3v) is 3.29. The quantitative estimate of drug-likeness (QED) is 0.876. The minimum atomic E-state index is 0.400. The third kappa shape index (κ3) is 3.85. The van der Waals surface area contributed by atoms with Crippen LogP contribution in [-0.2, 0) is 6.54 Å². The number of pyridine rings is 1. The monoisotopic (exact) mass is 310 g/mol. The van der Waals surface area contributed by atoms with Crippen LogP contribution in [0.4, 0.5) is 0 Å². The van der Waals surface area contributed by atoms with Gasteiger partial charge in [0.05, 0.1) is 0 Å². The van der Waals surface area contributed by atoms with Crippen molar-refractivity contribution in [3.63, 3.8) is 0 Å². The second kappa shape index (κ2) is 6.93. The Kier molecular flexibility index (Phi) is 5.24. The molecular weight excluding hydrogens is 295 g/mol. The van der Waals surface area contributed by atoms with Crippen molar-refractivity contribution in [3.05, 3.63) is 51.6 Å². The molecule has 1 heterocycles. The van der Waals surface area contributed by atoms with Crippen molar-refractivity contribution in [2.24, 2.45) is 0 Å². The maximum atomic E-state index is 6.20. The number of nitrogens with one attached hydrogen (secondary N) is 1. The summed E-state index contributed by atoms with van der Waals surface area (Å²) in [5.74, 6) is 1.10. The van der Waals surface area contributed by atoms with E-state index in [9.17, 15) is 0 Å². The van der Waals surface area contributed by atoms with E-state index in [2.05, 4.69) is 17.2 Å². The van der Waals surface area contributed by atoms with E-state index < -0.39 is 0 Å². The van der Waals surface area contributed by atoms with E-state index in [-0.39, 0.29) is 0 Å². The summed E-state index contributed by atoms with van der Waals surface area (Å²) in [4.78, 5) is 4.26. The van der Waals surface area contributed by atoms with Gasteiger partial charge in [-0.05, 0) is 48.9 Å². The van der Waals surface area contributed by atoms with Crippen LogP contribution in [0.3, 0.4) is 0 Å². The molecule has 2 rings (SSSR count). The molecule has 1 aromatic carbocycles. The molecule has 0 saturated carbocycles. The number of aromatic nitrogens is 1. The van der Waals surface area contributed by atoms with Gasteiger partial charge in [-0.15, -0.1) is 0 Å². The lowest BCUT2D eigenvalue weighted by molar-refractivity contribution is 0.459. The summed E-state index contributed by atoms with van der Waals surface area (Å²) in [5, 5.41) is 4.39. The zero-order valence-corrected chi connectivity index (χ0v) is 12.9. The van der Waals surface area contributed by atoms with Crippen LogP contribution in [0.15, 0.2) is 30.5 Å². The van der Waals surface area contributed by atoms with E-state index in [1.807, 2.05) is 25.1 Å². The van der Waals surface area contributed by atoms with Crippen LogP contribution in [-0.4, -0.2) is 11.5 Å². The Bertz CT molecular complexity index is 602. The van der Waals surface area contributed by atoms with Crippen molar-refractivity contribution in [2.45, 2.75) is 20.4 Å². The molecular formula is C15H16Cl2N2O. The Hall–Kier alpha value is -1.29. The number of nitrogens with zero attached hydrogens (tertiary/aromatic N) is 1. The van der Waals surface area contributed by atoms with Crippen molar-refractivity contribution < 1.29 is 4.74 Å². The first kappa shape index (κ1) is 15.1. The van der Waals surface area contributed by atoms with Gasteiger partial charge >= 0.3 is 0 Å². The van der Waals surface area contributed by atoms with Gasteiger partial charge in [-0.25, -0.2) is 4.98 Å². The Labute approximate surface area is 128 Å². The number of ether oxygens (including phenoxy) is 1. The molecule has 0 unspecified atom stereocenters. The molecule has 2 aromatic rings. The van der Waals surface area contributed by atoms with Crippen LogP contribution in [0, 0.1) is 6.92 Å². The average molecular weight is 311 g/mol. The Balaban J connectivity index is 2.17. The Morgan fingerprint density at radius 1 is 1.25 bits per heavy atom. The summed E-state index contributed by atoms with van der Waals surface area (Å²) in [6, 6.07) is 7.28. The number of rotatable bonds is 5. The van der Waals surface area contributed by atoms with E-state index in [0.717, 1.165) is 24.2 Å². The number of hydrogen-bond donors (Lipinski definition) is 1. The maximum Gasteiger partial charge on any atom is 0.238 e. The van der Waals surface area contributed by atoms with Gasteiger partial charge in [0.1, 0.15) is 10.8 Å². The van der Waals surface area contributed by atoms with E-state index in [1.54, 1.807) is 12.3 Å². The van der Waals surface area contributed by atoms with Gasteiger partial charge in [-0.3, -0.25) is 0 Å². The van der Waals surface area contributed by atoms with Crippen LogP contribution in [0.25, 0.3) is 0 Å². The first-order chi connectivity index (χ1) is 9.60. The molecule has 0 saturated heterocycles. The highest BCUT2D eigenvalue weighted by Crippen LogP contribution is 2.30. The van der Waals surface area contributed by atoms with Crippen LogP contribution in [0.2, 0.25) is 10.0 Å². The highest BCUT2D eigenvalue weighted by atomic mass is 35.5. The molecule has 0 aliphatic carbocycles. The summed E-state index contributed by atoms with van der Waals surface area (Å²) in [7, 11) is 0. The summed E-state index contributed by atoms with van der Waals surface area (Å²) in [5.41, 5.74) is 1.96. The number of aryl methyl sites for hydroxylation is 1. The van der Waals surface area contributed by atoms with E-state index in [4.69, 9.17) is 27.9 Å². The predicted molar refractivity (Wildman–Crippen MR) is 82.9 cm³/mol. The molecule has 0 aliphatic rings. The van der Waals surface area contributed by atoms with Crippen molar-refractivity contribution in [2.75, 3.05) is 6.54 Å². The summed E-state index contributed by atoms with van der Waals surface area (Å²) in [6.45, 7) is 5.62. The molecule has 0 radical (unpaired) electrons. The smallest absolute Gasteiger partial charge is 0.238 e. The largest absolute Gasteiger partial charge is 0.437 e. The van der Waals surface area contributed by atoms with Crippen LogP contribution >= 0.6 is 23.2 Å². The van der Waals surface area contributed by atoms with Crippen molar-refractivity contribution in [1.29, 1.82) is 0 Å². The second-order valence-electron chi connectivity index (χ2n) is 4.42. The number of benzene rings is 1. The second-order valence-corrected chi connectivity index (χ2v) is 5.27. The van der Waals surface area contributed by atoms with Crippen LogP contribution in [0.5, 0.6) is 11.6 Å². The van der Waals surface area contributed by atoms with Gasteiger partial charge in [-0.2, -0.15) is 0 Å². The lowest BCUT2D eigenvalue weighted by Gasteiger charge is -2.10. The molecule has 0 fully saturated rings. The van der Waals surface area contributed by atoms with E-state index in [1.165, 1.54) is 0 Å². The summed E-state index contributed by atoms with van der Waals surface area (Å²) in [6.07, 6.45) is 1.76. The van der Waals surface area contributed by atoms with E-state index >= 15 is 0 Å². The minimum absolute atomic E-state index is 0.400. The highest BCUT2D eigenvalue weighted by molar-refractivity contribution is 6.32. The molecule has 0 atom stereocenters. The molecule has 0 amide bonds. The van der Waals surface area contributed by atoms with Gasteiger partial charge in [0.2, 0.25) is 5.88 Å². The first-order valence-electron chi connectivity index (χ1n) is 6.39. The summed E-state index contributed by atoms with van der Waals surface area (Å²) < 4.78 is 5.73. The molecule has 106 valence electrons. The molecule has 20 heavy (non-hydrogen) atoms. The van der Waals surface area contributed by atoms with Gasteiger partial charge in [-0.1, -0.05) is 30.1 Å². The zero-order valence-electron chi connectivity index (χ0n) is 11.4. The molecule has 0 bridgehead atoms. The van der Waals surface area contributed by atoms with Crippen molar-refractivity contribution in [1.82, 2.24) is 10.3 Å². The molecule has 0 aliphatic heterocycles. The summed E-state index contributed by atoms with van der Waals surface area (Å²) >= 11 is 12.1. The molecule has 3 nitrogen and oxygen atoms in total. The Morgan fingerprint density at radius 2 is 2.05 bits per heavy atom. The molecule has 1 N–H and O–H groups in total. The molecule has 0 spiro atoms. The maximum absolute atomic E-state index is 6.20. The Morgan fingerprint density at radius 3 is 2.70 bits per heavy atom. The molecule has 1 aromatic heterocycles. The van der Waals surface area contributed by atoms with Crippen molar-refractivity contribution in [3.8, 4) is 11.6 Å². The third-order valence-electron chi connectivity index (χ3n) is 2.79. The SMILES string of the molecule is CCNCc1cnc(Oc2ccc(Cl)cc2C)c(Cl)c1.